The first kappa shape index (κ1) is 21.8. The Morgan fingerprint density at radius 1 is 1.14 bits per heavy atom. The van der Waals surface area contributed by atoms with Gasteiger partial charge in [0.15, 0.2) is 0 Å². The van der Waals surface area contributed by atoms with E-state index < -0.39 is 10.0 Å². The first-order valence-corrected chi connectivity index (χ1v) is 12.0. The molecule has 0 bridgehead atoms. The third kappa shape index (κ3) is 6.05. The third-order valence-corrected chi connectivity index (χ3v) is 7.26. The summed E-state index contributed by atoms with van der Waals surface area (Å²) >= 11 is 1.50. The summed E-state index contributed by atoms with van der Waals surface area (Å²) in [5.41, 5.74) is 3.37. The summed E-state index contributed by atoms with van der Waals surface area (Å²) in [4.78, 5) is 13.5. The lowest BCUT2D eigenvalue weighted by molar-refractivity contribution is -0.113. The van der Waals surface area contributed by atoms with Crippen molar-refractivity contribution in [3.05, 3.63) is 53.6 Å². The van der Waals surface area contributed by atoms with E-state index in [9.17, 15) is 13.2 Å². The van der Waals surface area contributed by atoms with E-state index in [2.05, 4.69) is 28.2 Å². The minimum atomic E-state index is -3.63. The maximum Gasteiger partial charge on any atom is 0.240 e. The maximum atomic E-state index is 12.3. The van der Waals surface area contributed by atoms with Crippen molar-refractivity contribution in [1.29, 1.82) is 0 Å². The van der Waals surface area contributed by atoms with E-state index in [1.807, 2.05) is 0 Å². The zero-order valence-corrected chi connectivity index (χ0v) is 18.2. The molecule has 0 fully saturated rings. The number of benzene rings is 2. The molecule has 2 N–H and O–H groups in total. The number of methoxy groups -OCH3 is 1. The first-order chi connectivity index (χ1) is 13.9. The molecule has 29 heavy (non-hydrogen) atoms. The number of rotatable bonds is 9. The monoisotopic (exact) mass is 434 g/mol. The molecule has 0 aromatic heterocycles. The van der Waals surface area contributed by atoms with Crippen LogP contribution in [0.5, 0.6) is 0 Å². The minimum absolute atomic E-state index is 0.127. The Bertz CT molecular complexity index is 959. The number of sulfonamides is 1. The second-order valence-electron chi connectivity index (χ2n) is 7.12. The van der Waals surface area contributed by atoms with Crippen molar-refractivity contribution in [2.75, 3.05) is 24.8 Å². The van der Waals surface area contributed by atoms with Crippen molar-refractivity contribution >= 4 is 33.4 Å². The Labute approximate surface area is 176 Å². The Morgan fingerprint density at radius 3 is 2.59 bits per heavy atom. The number of hydrogen-bond acceptors (Lipinski definition) is 5. The summed E-state index contributed by atoms with van der Waals surface area (Å²) in [5.74, 6) is 0.174. The fourth-order valence-electron chi connectivity index (χ4n) is 3.32. The highest BCUT2D eigenvalue weighted by Gasteiger charge is 2.17. The normalized spacial score (nSPS) is 14.4. The second-order valence-corrected chi connectivity index (χ2v) is 9.89. The van der Waals surface area contributed by atoms with E-state index >= 15 is 0 Å². The molecule has 8 heteroatoms. The Hall–Kier alpha value is -1.87. The number of thioether (sulfide) groups is 1. The summed E-state index contributed by atoms with van der Waals surface area (Å²) < 4.78 is 32.2. The zero-order chi connectivity index (χ0) is 20.9. The molecule has 156 valence electrons. The molecule has 0 spiro atoms. The van der Waals surface area contributed by atoms with Gasteiger partial charge in [-0.15, -0.1) is 11.8 Å². The predicted molar refractivity (Wildman–Crippen MR) is 116 cm³/mol. The molecule has 1 amide bonds. The van der Waals surface area contributed by atoms with Crippen LogP contribution in [-0.2, 0) is 32.4 Å². The molecule has 1 aliphatic carbocycles. The average molecular weight is 435 g/mol. The van der Waals surface area contributed by atoms with Crippen molar-refractivity contribution in [2.24, 2.45) is 0 Å². The van der Waals surface area contributed by atoms with E-state index in [0.717, 1.165) is 17.7 Å². The zero-order valence-electron chi connectivity index (χ0n) is 16.6. The number of anilines is 1. The van der Waals surface area contributed by atoms with Crippen LogP contribution in [-0.4, -0.2) is 39.8 Å². The van der Waals surface area contributed by atoms with Gasteiger partial charge in [-0.3, -0.25) is 4.79 Å². The van der Waals surface area contributed by atoms with Gasteiger partial charge in [0.2, 0.25) is 15.9 Å². The summed E-state index contributed by atoms with van der Waals surface area (Å²) in [7, 11) is -2.11. The van der Waals surface area contributed by atoms with Gasteiger partial charge in [-0.25, -0.2) is 13.1 Å². The smallest absolute Gasteiger partial charge is 0.240 e. The molecule has 0 radical (unpaired) electrons. The van der Waals surface area contributed by atoms with Gasteiger partial charge in [-0.1, -0.05) is 6.07 Å². The van der Waals surface area contributed by atoms with Gasteiger partial charge in [0.1, 0.15) is 0 Å². The van der Waals surface area contributed by atoms with Crippen LogP contribution in [0.3, 0.4) is 0 Å². The SMILES string of the molecule is COCC(C)NS(=O)(=O)c1ccc(NC(=O)CSc2ccc3c(c2)CCC3)cc1. The molecule has 1 atom stereocenters. The van der Waals surface area contributed by atoms with Gasteiger partial charge in [0, 0.05) is 23.7 Å². The van der Waals surface area contributed by atoms with Crippen molar-refractivity contribution < 1.29 is 17.9 Å². The van der Waals surface area contributed by atoms with Crippen LogP contribution in [0, 0.1) is 0 Å². The van der Waals surface area contributed by atoms with Crippen molar-refractivity contribution in [3.63, 3.8) is 0 Å². The molecule has 0 heterocycles. The first-order valence-electron chi connectivity index (χ1n) is 9.53. The summed E-state index contributed by atoms with van der Waals surface area (Å²) in [6.45, 7) is 2.02. The van der Waals surface area contributed by atoms with Crippen LogP contribution in [0.2, 0.25) is 0 Å². The highest BCUT2D eigenvalue weighted by atomic mass is 32.2. The molecular formula is C21H26N2O4S2. The van der Waals surface area contributed by atoms with Gasteiger partial charge in [0.25, 0.3) is 0 Å². The molecule has 2 aromatic rings. The number of amides is 1. The maximum absolute atomic E-state index is 12.3. The highest BCUT2D eigenvalue weighted by Crippen LogP contribution is 2.27. The number of nitrogens with one attached hydrogen (secondary N) is 2. The highest BCUT2D eigenvalue weighted by molar-refractivity contribution is 8.00. The van der Waals surface area contributed by atoms with E-state index in [0.29, 0.717) is 11.4 Å². The lowest BCUT2D eigenvalue weighted by Crippen LogP contribution is -2.35. The van der Waals surface area contributed by atoms with Gasteiger partial charge >= 0.3 is 0 Å². The topological polar surface area (TPSA) is 84.5 Å². The molecular weight excluding hydrogens is 408 g/mol. The number of fused-ring (bicyclic) bond motifs is 1. The van der Waals surface area contributed by atoms with Crippen molar-refractivity contribution in [1.82, 2.24) is 4.72 Å². The predicted octanol–water partition coefficient (Wildman–Crippen LogP) is 3.22. The van der Waals surface area contributed by atoms with E-state index in [1.54, 1.807) is 19.1 Å². The summed E-state index contributed by atoms with van der Waals surface area (Å²) in [5, 5.41) is 2.81. The molecule has 1 unspecified atom stereocenters. The molecule has 3 rings (SSSR count). The second kappa shape index (κ2) is 9.75. The van der Waals surface area contributed by atoms with Crippen molar-refractivity contribution in [3.8, 4) is 0 Å². The molecule has 0 saturated heterocycles. The van der Waals surface area contributed by atoms with Gasteiger partial charge in [0.05, 0.1) is 17.3 Å². The standard InChI is InChI=1S/C21H26N2O4S2/c1-15(13-27-2)23-29(25,26)20-10-7-18(8-11-20)22-21(24)14-28-19-9-6-16-4-3-5-17(16)12-19/h6-12,15,23H,3-5,13-14H2,1-2H3,(H,22,24). The van der Waals surface area contributed by atoms with Gasteiger partial charge < -0.3 is 10.1 Å². The minimum Gasteiger partial charge on any atom is -0.383 e. The Balaban J connectivity index is 1.53. The quantitative estimate of drug-likeness (QED) is 0.592. The summed E-state index contributed by atoms with van der Waals surface area (Å²) in [6, 6.07) is 12.2. The third-order valence-electron chi connectivity index (χ3n) is 4.66. The van der Waals surface area contributed by atoms with Gasteiger partial charge in [-0.2, -0.15) is 0 Å². The average Bonchev–Trinajstić information content (AvgIpc) is 3.14. The lowest BCUT2D eigenvalue weighted by atomic mass is 10.1. The Morgan fingerprint density at radius 2 is 1.86 bits per heavy atom. The lowest BCUT2D eigenvalue weighted by Gasteiger charge is -2.13. The number of ether oxygens (including phenoxy) is 1. The van der Waals surface area contributed by atoms with Crippen molar-refractivity contribution in [2.45, 2.75) is 42.0 Å². The number of aryl methyl sites for hydroxylation is 2. The molecule has 0 aliphatic heterocycles. The van der Waals surface area contributed by atoms with E-state index in [4.69, 9.17) is 4.74 Å². The van der Waals surface area contributed by atoms with Crippen LogP contribution in [0.4, 0.5) is 5.69 Å². The number of hydrogen-bond donors (Lipinski definition) is 2. The summed E-state index contributed by atoms with van der Waals surface area (Å²) in [6.07, 6.45) is 3.47. The molecule has 0 saturated carbocycles. The van der Waals surface area contributed by atoms with Crippen LogP contribution in [0.1, 0.15) is 24.5 Å². The van der Waals surface area contributed by atoms with Crippen LogP contribution in [0.25, 0.3) is 0 Å². The fraction of sp³-hybridized carbons (Fsp3) is 0.381. The van der Waals surface area contributed by atoms with Crippen LogP contribution >= 0.6 is 11.8 Å². The van der Waals surface area contributed by atoms with Crippen LogP contribution < -0.4 is 10.0 Å². The molecule has 2 aromatic carbocycles. The van der Waals surface area contributed by atoms with Crippen LogP contribution in [0.15, 0.2) is 52.3 Å². The Kier molecular flexibility index (Phi) is 7.34. The van der Waals surface area contributed by atoms with Gasteiger partial charge in [-0.05, 0) is 73.7 Å². The molecule has 1 aliphatic rings. The number of carbonyl (C=O) groups excluding carboxylic acids is 1. The molecule has 6 nitrogen and oxygen atoms in total. The fourth-order valence-corrected chi connectivity index (χ4v) is 5.31. The largest absolute Gasteiger partial charge is 0.383 e. The van der Waals surface area contributed by atoms with E-state index in [-0.39, 0.29) is 23.5 Å². The van der Waals surface area contributed by atoms with E-state index in [1.165, 1.54) is 48.6 Å². The number of carbonyl (C=O) groups is 1.